The van der Waals surface area contributed by atoms with Crippen LogP contribution in [0.5, 0.6) is 5.75 Å². The van der Waals surface area contributed by atoms with Gasteiger partial charge in [0.25, 0.3) is 0 Å². The second-order valence-corrected chi connectivity index (χ2v) is 5.80. The molecular formula is C19H19N3O. The van der Waals surface area contributed by atoms with E-state index in [1.54, 1.807) is 7.11 Å². The Morgan fingerprint density at radius 2 is 1.87 bits per heavy atom. The van der Waals surface area contributed by atoms with Crippen LogP contribution in [0.2, 0.25) is 0 Å². The molecule has 0 amide bonds. The van der Waals surface area contributed by atoms with E-state index in [1.165, 1.54) is 0 Å². The summed E-state index contributed by atoms with van der Waals surface area (Å²) >= 11 is 0. The third-order valence-corrected chi connectivity index (χ3v) is 4.31. The van der Waals surface area contributed by atoms with E-state index in [1.807, 2.05) is 55.6 Å². The van der Waals surface area contributed by atoms with Gasteiger partial charge in [-0.2, -0.15) is 5.26 Å². The van der Waals surface area contributed by atoms with Crippen LogP contribution < -0.4 is 10.5 Å². The van der Waals surface area contributed by atoms with E-state index in [-0.39, 0.29) is 0 Å². The van der Waals surface area contributed by atoms with Crippen LogP contribution >= 0.6 is 0 Å². The molecule has 3 rings (SSSR count). The number of methoxy groups -OCH3 is 1. The van der Waals surface area contributed by atoms with Crippen molar-refractivity contribution >= 4 is 11.2 Å². The van der Waals surface area contributed by atoms with E-state index in [4.69, 9.17) is 10.5 Å². The lowest BCUT2D eigenvalue weighted by atomic mass is 9.98. The van der Waals surface area contributed by atoms with Crippen LogP contribution in [-0.4, -0.2) is 11.5 Å². The minimum Gasteiger partial charge on any atom is -0.496 e. The summed E-state index contributed by atoms with van der Waals surface area (Å²) in [6.45, 7) is 6.08. The number of aryl methyl sites for hydroxylation is 2. The van der Waals surface area contributed by atoms with Gasteiger partial charge < -0.3 is 14.9 Å². The summed E-state index contributed by atoms with van der Waals surface area (Å²) in [4.78, 5) is 0. The van der Waals surface area contributed by atoms with Gasteiger partial charge in [-0.1, -0.05) is 12.1 Å². The van der Waals surface area contributed by atoms with Crippen molar-refractivity contribution in [3.63, 3.8) is 0 Å². The number of rotatable bonds is 2. The van der Waals surface area contributed by atoms with Crippen molar-refractivity contribution in [2.75, 3.05) is 12.8 Å². The standard InChI is InChI=1S/C19H19N3O/c1-11-5-7-15-14(9-20)18(21)19(22(15)10-11)17-12(2)6-8-16(23-4)13(17)3/h5-8,10H,21H2,1-4H3. The van der Waals surface area contributed by atoms with E-state index in [0.717, 1.165) is 39.2 Å². The number of anilines is 1. The van der Waals surface area contributed by atoms with Crippen LogP contribution in [0.25, 0.3) is 16.8 Å². The number of nitrogens with zero attached hydrogens (tertiary/aromatic N) is 2. The molecule has 0 aliphatic heterocycles. The molecule has 3 aromatic rings. The summed E-state index contributed by atoms with van der Waals surface area (Å²) < 4.78 is 7.47. The number of hydrogen-bond donors (Lipinski definition) is 1. The van der Waals surface area contributed by atoms with E-state index in [0.29, 0.717) is 11.3 Å². The maximum atomic E-state index is 9.52. The second-order valence-electron chi connectivity index (χ2n) is 5.80. The minimum atomic E-state index is 0.512. The summed E-state index contributed by atoms with van der Waals surface area (Å²) in [5.41, 5.74) is 13.3. The monoisotopic (exact) mass is 305 g/mol. The predicted molar refractivity (Wildman–Crippen MR) is 92.7 cm³/mol. The van der Waals surface area contributed by atoms with Gasteiger partial charge in [0.15, 0.2) is 0 Å². The smallest absolute Gasteiger partial charge is 0.122 e. The first kappa shape index (κ1) is 15.0. The highest BCUT2D eigenvalue weighted by Crippen LogP contribution is 2.40. The number of nitriles is 1. The third-order valence-electron chi connectivity index (χ3n) is 4.31. The molecular weight excluding hydrogens is 286 g/mol. The summed E-state index contributed by atoms with van der Waals surface area (Å²) in [6.07, 6.45) is 2.01. The predicted octanol–water partition coefficient (Wildman–Crippen LogP) is 3.99. The highest BCUT2D eigenvalue weighted by atomic mass is 16.5. The Kier molecular flexibility index (Phi) is 3.49. The van der Waals surface area contributed by atoms with Crippen LogP contribution in [0.3, 0.4) is 0 Å². The highest BCUT2D eigenvalue weighted by molar-refractivity contribution is 5.90. The van der Waals surface area contributed by atoms with E-state index in [9.17, 15) is 5.26 Å². The SMILES string of the molecule is COc1ccc(C)c(-c2c(N)c(C#N)c3ccc(C)cn23)c1C. The lowest BCUT2D eigenvalue weighted by Gasteiger charge is -2.15. The van der Waals surface area contributed by atoms with Crippen LogP contribution in [0, 0.1) is 32.1 Å². The zero-order valence-electron chi connectivity index (χ0n) is 13.8. The number of fused-ring (bicyclic) bond motifs is 1. The highest BCUT2D eigenvalue weighted by Gasteiger charge is 2.21. The molecule has 0 unspecified atom stereocenters. The van der Waals surface area contributed by atoms with Crippen molar-refractivity contribution in [1.29, 1.82) is 5.26 Å². The van der Waals surface area contributed by atoms with Gasteiger partial charge in [0, 0.05) is 17.3 Å². The number of hydrogen-bond acceptors (Lipinski definition) is 3. The molecule has 0 fully saturated rings. The van der Waals surface area contributed by atoms with Crippen LogP contribution in [-0.2, 0) is 0 Å². The minimum absolute atomic E-state index is 0.512. The Bertz CT molecular complexity index is 961. The van der Waals surface area contributed by atoms with Gasteiger partial charge >= 0.3 is 0 Å². The van der Waals surface area contributed by atoms with E-state index in [2.05, 4.69) is 6.07 Å². The Morgan fingerprint density at radius 3 is 2.52 bits per heavy atom. The van der Waals surface area contributed by atoms with Crippen molar-refractivity contribution in [3.8, 4) is 23.1 Å². The number of ether oxygens (including phenoxy) is 1. The molecule has 0 aliphatic rings. The zero-order chi connectivity index (χ0) is 16.7. The maximum Gasteiger partial charge on any atom is 0.122 e. The third kappa shape index (κ3) is 2.13. The molecule has 0 atom stereocenters. The number of pyridine rings is 1. The average Bonchev–Trinajstić information content (AvgIpc) is 2.79. The number of aromatic nitrogens is 1. The molecule has 4 nitrogen and oxygen atoms in total. The van der Waals surface area contributed by atoms with Crippen LogP contribution in [0.4, 0.5) is 5.69 Å². The Morgan fingerprint density at radius 1 is 1.13 bits per heavy atom. The van der Waals surface area contributed by atoms with Crippen molar-refractivity contribution in [2.45, 2.75) is 20.8 Å². The first-order valence-electron chi connectivity index (χ1n) is 7.44. The first-order valence-corrected chi connectivity index (χ1v) is 7.44. The molecule has 2 N–H and O–H groups in total. The summed E-state index contributed by atoms with van der Waals surface area (Å²) in [6, 6.07) is 10.1. The molecule has 0 spiro atoms. The zero-order valence-corrected chi connectivity index (χ0v) is 13.8. The van der Waals surface area contributed by atoms with Gasteiger partial charge in [0.2, 0.25) is 0 Å². The van der Waals surface area contributed by atoms with E-state index < -0.39 is 0 Å². The molecule has 4 heteroatoms. The van der Waals surface area contributed by atoms with Crippen LogP contribution in [0.1, 0.15) is 22.3 Å². The summed E-state index contributed by atoms with van der Waals surface area (Å²) in [5.74, 6) is 0.811. The van der Waals surface area contributed by atoms with Gasteiger partial charge in [0.05, 0.1) is 24.0 Å². The molecule has 0 bridgehead atoms. The lowest BCUT2D eigenvalue weighted by Crippen LogP contribution is -1.99. The second kappa shape index (κ2) is 5.36. The lowest BCUT2D eigenvalue weighted by molar-refractivity contribution is 0.412. The average molecular weight is 305 g/mol. The van der Waals surface area contributed by atoms with Crippen molar-refractivity contribution in [2.24, 2.45) is 0 Å². The van der Waals surface area contributed by atoms with Crippen molar-refractivity contribution < 1.29 is 4.74 Å². The van der Waals surface area contributed by atoms with Crippen LogP contribution in [0.15, 0.2) is 30.5 Å². The normalized spacial score (nSPS) is 10.7. The molecule has 23 heavy (non-hydrogen) atoms. The first-order chi connectivity index (χ1) is 11.0. The Labute approximate surface area is 135 Å². The number of nitrogens with two attached hydrogens (primary N) is 1. The molecule has 0 aliphatic carbocycles. The Hall–Kier alpha value is -2.93. The topological polar surface area (TPSA) is 63.5 Å². The van der Waals surface area contributed by atoms with Gasteiger partial charge in [-0.3, -0.25) is 0 Å². The molecule has 1 aromatic carbocycles. The fourth-order valence-corrected chi connectivity index (χ4v) is 3.17. The molecule has 0 saturated heterocycles. The van der Waals surface area contributed by atoms with Gasteiger partial charge in [0.1, 0.15) is 17.4 Å². The van der Waals surface area contributed by atoms with Gasteiger partial charge in [-0.15, -0.1) is 0 Å². The van der Waals surface area contributed by atoms with E-state index >= 15 is 0 Å². The van der Waals surface area contributed by atoms with Crippen molar-refractivity contribution in [3.05, 3.63) is 52.7 Å². The van der Waals surface area contributed by atoms with Gasteiger partial charge in [-0.05, 0) is 44.0 Å². The van der Waals surface area contributed by atoms with Crippen molar-refractivity contribution in [1.82, 2.24) is 4.40 Å². The Balaban J connectivity index is 2.49. The fourth-order valence-electron chi connectivity index (χ4n) is 3.17. The molecule has 0 saturated carbocycles. The maximum absolute atomic E-state index is 9.52. The molecule has 116 valence electrons. The molecule has 2 heterocycles. The molecule has 2 aromatic heterocycles. The molecule has 0 radical (unpaired) electrons. The van der Waals surface area contributed by atoms with Gasteiger partial charge in [-0.25, -0.2) is 0 Å². The fraction of sp³-hybridized carbons (Fsp3) is 0.211. The quantitative estimate of drug-likeness (QED) is 0.778. The summed E-state index contributed by atoms with van der Waals surface area (Å²) in [5, 5.41) is 9.52. The number of nitrogen functional groups attached to an aromatic ring is 1. The number of benzene rings is 1. The summed E-state index contributed by atoms with van der Waals surface area (Å²) in [7, 11) is 1.66. The largest absolute Gasteiger partial charge is 0.496 e.